The quantitative estimate of drug-likeness (QED) is 0.211. The summed E-state index contributed by atoms with van der Waals surface area (Å²) in [6.45, 7) is 6.80. The highest BCUT2D eigenvalue weighted by molar-refractivity contribution is 14.0. The first-order valence-electron chi connectivity index (χ1n) is 8.70. The van der Waals surface area contributed by atoms with Crippen molar-refractivity contribution in [1.82, 2.24) is 19.9 Å². The highest BCUT2D eigenvalue weighted by atomic mass is 127. The molecule has 3 N–H and O–H groups in total. The number of guanidine groups is 1. The lowest BCUT2D eigenvalue weighted by atomic mass is 10.2. The van der Waals surface area contributed by atoms with Crippen LogP contribution in [0.3, 0.4) is 0 Å². The lowest BCUT2D eigenvalue weighted by molar-refractivity contribution is 0.582. The summed E-state index contributed by atoms with van der Waals surface area (Å²) < 4.78 is 29.1. The van der Waals surface area contributed by atoms with Crippen LogP contribution in [0.2, 0.25) is 0 Å². The first-order valence-corrected chi connectivity index (χ1v) is 10.2. The van der Waals surface area contributed by atoms with E-state index in [1.807, 2.05) is 38.4 Å². The number of nitrogens with zero attached hydrogens (tertiary/aromatic N) is 2. The van der Waals surface area contributed by atoms with Crippen LogP contribution < -0.4 is 15.4 Å². The van der Waals surface area contributed by atoms with Gasteiger partial charge in [0.25, 0.3) is 0 Å². The minimum atomic E-state index is -3.50. The highest BCUT2D eigenvalue weighted by Gasteiger charge is 2.12. The predicted molar refractivity (Wildman–Crippen MR) is 120 cm³/mol. The molecule has 0 spiro atoms. The van der Waals surface area contributed by atoms with E-state index < -0.39 is 10.0 Å². The van der Waals surface area contributed by atoms with Crippen LogP contribution in [0.1, 0.15) is 12.5 Å². The summed E-state index contributed by atoms with van der Waals surface area (Å²) in [6.07, 6.45) is 4.01. The van der Waals surface area contributed by atoms with Crippen LogP contribution in [0, 0.1) is 6.92 Å². The molecule has 0 aliphatic carbocycles. The topological polar surface area (TPSA) is 87.5 Å². The maximum absolute atomic E-state index is 12.2. The summed E-state index contributed by atoms with van der Waals surface area (Å²) in [5, 5.41) is 6.39. The Bertz CT molecular complexity index is 790. The summed E-state index contributed by atoms with van der Waals surface area (Å²) in [7, 11) is -3.50. The maximum Gasteiger partial charge on any atom is 0.240 e. The van der Waals surface area contributed by atoms with E-state index in [1.54, 1.807) is 24.3 Å². The van der Waals surface area contributed by atoms with Gasteiger partial charge in [0.1, 0.15) is 0 Å². The summed E-state index contributed by atoms with van der Waals surface area (Å²) in [6, 6.07) is 10.7. The lowest BCUT2D eigenvalue weighted by Crippen LogP contribution is -2.39. The summed E-state index contributed by atoms with van der Waals surface area (Å²) in [5.74, 6) is 0.675. The second-order valence-corrected chi connectivity index (χ2v) is 7.59. The Morgan fingerprint density at radius 1 is 1.07 bits per heavy atom. The molecule has 0 saturated heterocycles. The molecule has 150 valence electrons. The molecule has 1 aromatic carbocycles. The van der Waals surface area contributed by atoms with E-state index in [4.69, 9.17) is 0 Å². The Labute approximate surface area is 178 Å². The van der Waals surface area contributed by atoms with Crippen molar-refractivity contribution in [3.8, 4) is 0 Å². The Morgan fingerprint density at radius 2 is 1.74 bits per heavy atom. The first-order chi connectivity index (χ1) is 12.5. The number of rotatable bonds is 9. The molecule has 2 aromatic rings. The average Bonchev–Trinajstić information content (AvgIpc) is 3.12. The van der Waals surface area contributed by atoms with Crippen LogP contribution in [0.5, 0.6) is 0 Å². The van der Waals surface area contributed by atoms with E-state index in [9.17, 15) is 8.42 Å². The van der Waals surface area contributed by atoms with Crippen LogP contribution in [0.15, 0.2) is 58.7 Å². The molecule has 1 heterocycles. The molecule has 0 radical (unpaired) electrons. The number of aromatic nitrogens is 1. The lowest BCUT2D eigenvalue weighted by Gasteiger charge is -2.12. The smallest absolute Gasteiger partial charge is 0.240 e. The van der Waals surface area contributed by atoms with Gasteiger partial charge >= 0.3 is 0 Å². The molecule has 9 heteroatoms. The molecule has 1 aromatic heterocycles. The van der Waals surface area contributed by atoms with Crippen molar-refractivity contribution in [2.45, 2.75) is 25.3 Å². The number of sulfonamides is 1. The van der Waals surface area contributed by atoms with Crippen molar-refractivity contribution in [3.05, 3.63) is 54.4 Å². The van der Waals surface area contributed by atoms with Gasteiger partial charge in [0.05, 0.1) is 11.4 Å². The van der Waals surface area contributed by atoms with E-state index in [1.165, 1.54) is 0 Å². The average molecular weight is 505 g/mol. The van der Waals surface area contributed by atoms with Crippen LogP contribution in [0.25, 0.3) is 0 Å². The Kier molecular flexibility index (Phi) is 10.4. The monoisotopic (exact) mass is 505 g/mol. The second kappa shape index (κ2) is 12.0. The normalized spacial score (nSPS) is 11.7. The Morgan fingerprint density at radius 3 is 2.37 bits per heavy atom. The fraction of sp³-hybridized carbons (Fsp3) is 0.389. The van der Waals surface area contributed by atoms with Gasteiger partial charge in [-0.05, 0) is 38.1 Å². The number of hydrogen-bond acceptors (Lipinski definition) is 3. The van der Waals surface area contributed by atoms with Gasteiger partial charge < -0.3 is 15.2 Å². The fourth-order valence-electron chi connectivity index (χ4n) is 2.31. The third-order valence-electron chi connectivity index (χ3n) is 3.68. The second-order valence-electron chi connectivity index (χ2n) is 5.82. The molecule has 27 heavy (non-hydrogen) atoms. The van der Waals surface area contributed by atoms with Crippen molar-refractivity contribution in [3.63, 3.8) is 0 Å². The van der Waals surface area contributed by atoms with Crippen molar-refractivity contribution in [1.29, 1.82) is 0 Å². The fourth-order valence-corrected chi connectivity index (χ4v) is 3.33. The third kappa shape index (κ3) is 8.31. The highest BCUT2D eigenvalue weighted by Crippen LogP contribution is 2.09. The molecule has 2 rings (SSSR count). The van der Waals surface area contributed by atoms with Gasteiger partial charge in [0.15, 0.2) is 5.96 Å². The predicted octanol–water partition coefficient (Wildman–Crippen LogP) is 1.95. The molecule has 0 bridgehead atoms. The summed E-state index contributed by atoms with van der Waals surface area (Å²) >= 11 is 0. The molecule has 0 fully saturated rings. The zero-order chi connectivity index (χ0) is 18.8. The van der Waals surface area contributed by atoms with Gasteiger partial charge in [-0.25, -0.2) is 13.1 Å². The summed E-state index contributed by atoms with van der Waals surface area (Å²) in [4.78, 5) is 4.67. The summed E-state index contributed by atoms with van der Waals surface area (Å²) in [5.41, 5.74) is 1.02. The van der Waals surface area contributed by atoms with E-state index in [2.05, 4.69) is 24.9 Å². The van der Waals surface area contributed by atoms with Crippen molar-refractivity contribution >= 4 is 40.0 Å². The van der Waals surface area contributed by atoms with E-state index in [0.29, 0.717) is 12.5 Å². The molecule has 7 nitrogen and oxygen atoms in total. The number of aliphatic imine (C=N–C) groups is 1. The number of aryl methyl sites for hydroxylation is 1. The molecule has 0 aliphatic heterocycles. The van der Waals surface area contributed by atoms with Gasteiger partial charge in [-0.3, -0.25) is 4.99 Å². The van der Waals surface area contributed by atoms with Crippen LogP contribution in [0.4, 0.5) is 0 Å². The van der Waals surface area contributed by atoms with E-state index in [-0.39, 0.29) is 35.4 Å². The molecule has 0 atom stereocenters. The van der Waals surface area contributed by atoms with Gasteiger partial charge in [0, 0.05) is 38.6 Å². The SMILES string of the molecule is CCNC(=NCCNS(=O)(=O)c1ccc(C)cc1)NCCn1cccc1.I. The number of hydrogen-bond donors (Lipinski definition) is 3. The minimum absolute atomic E-state index is 0. The number of nitrogens with one attached hydrogen (secondary N) is 3. The first kappa shape index (κ1) is 23.4. The molecule has 0 saturated carbocycles. The molecule has 0 amide bonds. The zero-order valence-electron chi connectivity index (χ0n) is 15.7. The standard InChI is InChI=1S/C18H27N5O2S.HI/c1-3-19-18(21-12-15-23-13-4-5-14-23)20-10-11-22-26(24,25)17-8-6-16(2)7-9-17;/h4-9,13-14,22H,3,10-12,15H2,1-2H3,(H2,19,20,21);1H. The maximum atomic E-state index is 12.2. The Hall–Kier alpha value is -1.59. The molecular weight excluding hydrogens is 477 g/mol. The molecule has 0 aliphatic rings. The molecular formula is C18H28IN5O2S. The molecule has 0 unspecified atom stereocenters. The van der Waals surface area contributed by atoms with Gasteiger partial charge in [-0.2, -0.15) is 0 Å². The zero-order valence-corrected chi connectivity index (χ0v) is 18.8. The van der Waals surface area contributed by atoms with Crippen LogP contribution in [-0.2, 0) is 16.6 Å². The van der Waals surface area contributed by atoms with Crippen molar-refractivity contribution in [2.24, 2.45) is 4.99 Å². The minimum Gasteiger partial charge on any atom is -0.357 e. The van der Waals surface area contributed by atoms with Gasteiger partial charge in [0.2, 0.25) is 10.0 Å². The van der Waals surface area contributed by atoms with E-state index in [0.717, 1.165) is 25.2 Å². The van der Waals surface area contributed by atoms with Crippen LogP contribution in [-0.4, -0.2) is 45.1 Å². The largest absolute Gasteiger partial charge is 0.357 e. The van der Waals surface area contributed by atoms with Crippen molar-refractivity contribution < 1.29 is 8.42 Å². The van der Waals surface area contributed by atoms with Gasteiger partial charge in [-0.1, -0.05) is 17.7 Å². The Balaban J connectivity index is 0.00000364. The number of benzene rings is 1. The third-order valence-corrected chi connectivity index (χ3v) is 5.15. The van der Waals surface area contributed by atoms with Crippen LogP contribution >= 0.6 is 24.0 Å². The van der Waals surface area contributed by atoms with Crippen molar-refractivity contribution in [2.75, 3.05) is 26.2 Å². The van der Waals surface area contributed by atoms with E-state index >= 15 is 0 Å². The number of halogens is 1. The van der Waals surface area contributed by atoms with Gasteiger partial charge in [-0.15, -0.1) is 24.0 Å².